The van der Waals surface area contributed by atoms with E-state index in [1.54, 1.807) is 18.2 Å². The first-order chi connectivity index (χ1) is 12.4. The summed E-state index contributed by atoms with van der Waals surface area (Å²) >= 11 is 4.46. The molecule has 0 bridgehead atoms. The number of methoxy groups -OCH3 is 1. The van der Waals surface area contributed by atoms with Crippen molar-refractivity contribution >= 4 is 51.0 Å². The topological polar surface area (TPSA) is 110 Å². The molecule has 138 valence electrons. The summed E-state index contributed by atoms with van der Waals surface area (Å²) in [6, 6.07) is 3.46. The van der Waals surface area contributed by atoms with Crippen molar-refractivity contribution in [2.45, 2.75) is 11.7 Å². The number of halogens is 1. The summed E-state index contributed by atoms with van der Waals surface area (Å²) in [7, 11) is 1.53. The highest BCUT2D eigenvalue weighted by Gasteiger charge is 2.32. The Kier molecular flexibility index (Phi) is 7.22. The van der Waals surface area contributed by atoms with Crippen molar-refractivity contribution in [3.8, 4) is 11.5 Å². The van der Waals surface area contributed by atoms with E-state index in [0.717, 1.165) is 11.8 Å². The van der Waals surface area contributed by atoms with Crippen LogP contribution in [0.5, 0.6) is 11.5 Å². The number of carbonyl (C=O) groups is 2. The average Bonchev–Trinajstić information content (AvgIpc) is 2.93. The SMILES string of the molecule is C=CCOc1cc(Br)c(C=NN=C2NC(=O)C(CC(=O)O)S2)cc1OC. The lowest BCUT2D eigenvalue weighted by molar-refractivity contribution is -0.138. The fourth-order valence-corrected chi connectivity index (χ4v) is 3.30. The van der Waals surface area contributed by atoms with Gasteiger partial charge in [-0.2, -0.15) is 5.10 Å². The molecule has 0 radical (unpaired) electrons. The van der Waals surface area contributed by atoms with Gasteiger partial charge in [-0.3, -0.25) is 9.59 Å². The Balaban J connectivity index is 2.11. The van der Waals surface area contributed by atoms with Crippen molar-refractivity contribution in [3.63, 3.8) is 0 Å². The molecular formula is C16H16BrN3O5S. The Morgan fingerprint density at radius 1 is 1.50 bits per heavy atom. The molecule has 1 heterocycles. The van der Waals surface area contributed by atoms with Crippen LogP contribution in [0.1, 0.15) is 12.0 Å². The molecule has 1 amide bonds. The van der Waals surface area contributed by atoms with Gasteiger partial charge >= 0.3 is 5.97 Å². The van der Waals surface area contributed by atoms with Gasteiger partial charge in [0.2, 0.25) is 5.91 Å². The lowest BCUT2D eigenvalue weighted by Crippen LogP contribution is -2.26. The minimum Gasteiger partial charge on any atom is -0.493 e. The molecule has 1 aliphatic rings. The van der Waals surface area contributed by atoms with E-state index in [-0.39, 0.29) is 11.6 Å². The first-order valence-corrected chi connectivity index (χ1v) is 9.03. The zero-order valence-electron chi connectivity index (χ0n) is 13.8. The van der Waals surface area contributed by atoms with Crippen molar-refractivity contribution < 1.29 is 24.2 Å². The highest BCUT2D eigenvalue weighted by molar-refractivity contribution is 9.10. The van der Waals surface area contributed by atoms with Crippen molar-refractivity contribution in [1.82, 2.24) is 5.32 Å². The maximum absolute atomic E-state index is 11.6. The van der Waals surface area contributed by atoms with Gasteiger partial charge < -0.3 is 19.9 Å². The lowest BCUT2D eigenvalue weighted by atomic mass is 10.2. The summed E-state index contributed by atoms with van der Waals surface area (Å²) in [6.45, 7) is 3.94. The molecule has 1 saturated heterocycles. The van der Waals surface area contributed by atoms with Gasteiger partial charge in [0.25, 0.3) is 0 Å². The molecule has 1 unspecified atom stereocenters. The third-order valence-corrected chi connectivity index (χ3v) is 4.88. The van der Waals surface area contributed by atoms with Crippen LogP contribution in [0.2, 0.25) is 0 Å². The number of carboxylic acids is 1. The van der Waals surface area contributed by atoms with E-state index in [1.807, 2.05) is 0 Å². The molecule has 1 aromatic rings. The minimum atomic E-state index is -1.04. The molecule has 26 heavy (non-hydrogen) atoms. The van der Waals surface area contributed by atoms with Crippen molar-refractivity contribution in [2.24, 2.45) is 10.2 Å². The molecule has 1 aliphatic heterocycles. The van der Waals surface area contributed by atoms with E-state index in [1.165, 1.54) is 13.3 Å². The highest BCUT2D eigenvalue weighted by atomic mass is 79.9. The Labute approximate surface area is 162 Å². The molecule has 0 aliphatic carbocycles. The van der Waals surface area contributed by atoms with Crippen LogP contribution < -0.4 is 14.8 Å². The van der Waals surface area contributed by atoms with Crippen LogP contribution >= 0.6 is 27.7 Å². The second kappa shape index (κ2) is 9.39. The molecule has 1 fully saturated rings. The smallest absolute Gasteiger partial charge is 0.305 e. The predicted octanol–water partition coefficient (Wildman–Crippen LogP) is 2.42. The van der Waals surface area contributed by atoms with E-state index < -0.39 is 17.1 Å². The van der Waals surface area contributed by atoms with Gasteiger partial charge in [0.1, 0.15) is 11.9 Å². The first-order valence-electron chi connectivity index (χ1n) is 7.36. The molecule has 2 N–H and O–H groups in total. The number of ether oxygens (including phenoxy) is 2. The summed E-state index contributed by atoms with van der Waals surface area (Å²) in [4.78, 5) is 22.3. The summed E-state index contributed by atoms with van der Waals surface area (Å²) in [6.07, 6.45) is 2.84. The predicted molar refractivity (Wildman–Crippen MR) is 103 cm³/mol. The van der Waals surface area contributed by atoms with E-state index in [0.29, 0.717) is 28.1 Å². The summed E-state index contributed by atoms with van der Waals surface area (Å²) in [5.74, 6) is -0.359. The van der Waals surface area contributed by atoms with Crippen LogP contribution in [0, 0.1) is 0 Å². The van der Waals surface area contributed by atoms with Crippen LogP contribution in [-0.2, 0) is 9.59 Å². The van der Waals surface area contributed by atoms with Crippen LogP contribution in [0.25, 0.3) is 0 Å². The van der Waals surface area contributed by atoms with Crippen molar-refractivity contribution in [3.05, 3.63) is 34.8 Å². The highest BCUT2D eigenvalue weighted by Crippen LogP contribution is 2.33. The molecule has 0 spiro atoms. The van der Waals surface area contributed by atoms with Gasteiger partial charge in [-0.1, -0.05) is 24.4 Å². The summed E-state index contributed by atoms with van der Waals surface area (Å²) in [5.41, 5.74) is 0.688. The van der Waals surface area contributed by atoms with Crippen molar-refractivity contribution in [1.29, 1.82) is 0 Å². The van der Waals surface area contributed by atoms with E-state index in [4.69, 9.17) is 14.6 Å². The number of hydrogen-bond donors (Lipinski definition) is 2. The third kappa shape index (κ3) is 5.33. The van der Waals surface area contributed by atoms with Gasteiger partial charge in [-0.15, -0.1) is 5.10 Å². The Hall–Kier alpha value is -2.33. The van der Waals surface area contributed by atoms with Gasteiger partial charge in [0, 0.05) is 10.0 Å². The van der Waals surface area contributed by atoms with E-state index in [2.05, 4.69) is 38.0 Å². The van der Waals surface area contributed by atoms with E-state index >= 15 is 0 Å². The number of benzene rings is 1. The maximum Gasteiger partial charge on any atom is 0.305 e. The molecule has 2 rings (SSSR count). The lowest BCUT2D eigenvalue weighted by Gasteiger charge is -2.11. The average molecular weight is 442 g/mol. The number of carboxylic acid groups (broad SMARTS) is 1. The van der Waals surface area contributed by atoms with Gasteiger partial charge in [-0.05, 0) is 28.1 Å². The fraction of sp³-hybridized carbons (Fsp3) is 0.250. The molecule has 10 heteroatoms. The monoisotopic (exact) mass is 441 g/mol. The Morgan fingerprint density at radius 2 is 2.27 bits per heavy atom. The minimum absolute atomic E-state index is 0.256. The molecule has 0 saturated carbocycles. The van der Waals surface area contributed by atoms with Crippen LogP contribution in [-0.4, -0.2) is 47.3 Å². The number of hydrogen-bond acceptors (Lipinski definition) is 7. The quantitative estimate of drug-likeness (QED) is 0.364. The Bertz CT molecular complexity index is 781. The number of carbonyl (C=O) groups excluding carboxylic acids is 1. The largest absolute Gasteiger partial charge is 0.493 e. The molecule has 1 atom stereocenters. The number of amidine groups is 1. The molecule has 1 aromatic carbocycles. The number of nitrogens with one attached hydrogen (secondary N) is 1. The fourth-order valence-electron chi connectivity index (χ4n) is 1.96. The second-order valence-electron chi connectivity index (χ2n) is 4.97. The second-order valence-corrected chi connectivity index (χ2v) is 7.01. The number of nitrogens with zero attached hydrogens (tertiary/aromatic N) is 2. The summed E-state index contributed by atoms with van der Waals surface area (Å²) < 4.78 is 11.5. The first kappa shape index (κ1) is 20.0. The van der Waals surface area contributed by atoms with Crippen LogP contribution in [0.3, 0.4) is 0 Å². The van der Waals surface area contributed by atoms with Crippen LogP contribution in [0.15, 0.2) is 39.5 Å². The number of amides is 1. The molecule has 0 aromatic heterocycles. The third-order valence-electron chi connectivity index (χ3n) is 3.12. The van der Waals surface area contributed by atoms with Gasteiger partial charge in [0.15, 0.2) is 16.7 Å². The standard InChI is InChI=1S/C16H16BrN3O5S/c1-3-4-25-12-6-10(17)9(5-11(12)24-2)8-18-20-16-19-15(23)13(26-16)7-14(21)22/h3,5-6,8,13H,1,4,7H2,2H3,(H,21,22)(H,19,20,23). The van der Waals surface area contributed by atoms with Gasteiger partial charge in [-0.25, -0.2) is 0 Å². The zero-order valence-corrected chi connectivity index (χ0v) is 16.2. The van der Waals surface area contributed by atoms with E-state index in [9.17, 15) is 9.59 Å². The normalized spacial score (nSPS) is 18.2. The number of aliphatic carboxylic acids is 1. The number of rotatable bonds is 8. The Morgan fingerprint density at radius 3 is 2.92 bits per heavy atom. The maximum atomic E-state index is 11.6. The van der Waals surface area contributed by atoms with Gasteiger partial charge in [0.05, 0.1) is 19.7 Å². The van der Waals surface area contributed by atoms with Crippen molar-refractivity contribution in [2.75, 3.05) is 13.7 Å². The zero-order chi connectivity index (χ0) is 19.1. The molecule has 8 nitrogen and oxygen atoms in total. The molecular weight excluding hydrogens is 426 g/mol. The van der Waals surface area contributed by atoms with Crippen LogP contribution in [0.4, 0.5) is 0 Å². The summed E-state index contributed by atoms with van der Waals surface area (Å²) in [5, 5.41) is 18.7. The number of thioether (sulfide) groups is 1.